The van der Waals surface area contributed by atoms with Gasteiger partial charge in [-0.3, -0.25) is 0 Å². The van der Waals surface area contributed by atoms with Crippen molar-refractivity contribution in [2.75, 3.05) is 13.7 Å². The molecule has 20 heavy (non-hydrogen) atoms. The lowest BCUT2D eigenvalue weighted by atomic mass is 10.2. The van der Waals surface area contributed by atoms with Gasteiger partial charge in [-0.05, 0) is 30.4 Å². The molecule has 2 unspecified atom stereocenters. The summed E-state index contributed by atoms with van der Waals surface area (Å²) < 4.78 is 32.4. The van der Waals surface area contributed by atoms with E-state index in [9.17, 15) is 13.5 Å². The summed E-state index contributed by atoms with van der Waals surface area (Å²) in [4.78, 5) is -0.0372. The molecule has 2 rings (SSSR count). The molecule has 2 atom stereocenters. The Bertz CT molecular complexity index is 603. The molecule has 1 aliphatic rings. The fourth-order valence-corrected chi connectivity index (χ4v) is 3.78. The van der Waals surface area contributed by atoms with Gasteiger partial charge in [-0.25, -0.2) is 13.1 Å². The Balaban J connectivity index is 2.31. The van der Waals surface area contributed by atoms with Crippen molar-refractivity contribution in [3.63, 3.8) is 0 Å². The quantitative estimate of drug-likeness (QED) is 0.838. The van der Waals surface area contributed by atoms with E-state index in [1.54, 1.807) is 0 Å². The van der Waals surface area contributed by atoms with Gasteiger partial charge in [0.15, 0.2) is 0 Å². The summed E-state index contributed by atoms with van der Waals surface area (Å²) in [6, 6.07) is 2.82. The van der Waals surface area contributed by atoms with Crippen LogP contribution >= 0.6 is 11.6 Å². The molecule has 0 heterocycles. The zero-order valence-electron chi connectivity index (χ0n) is 11.4. The number of sulfonamides is 1. The lowest BCUT2D eigenvalue weighted by Crippen LogP contribution is -2.27. The lowest BCUT2D eigenvalue weighted by Gasteiger charge is -2.14. The number of ether oxygens (including phenoxy) is 1. The van der Waals surface area contributed by atoms with Crippen LogP contribution in [0.4, 0.5) is 0 Å². The number of benzene rings is 1. The van der Waals surface area contributed by atoms with Crippen molar-refractivity contribution in [1.29, 1.82) is 0 Å². The lowest BCUT2D eigenvalue weighted by molar-refractivity contribution is 0.272. The number of rotatable bonds is 6. The highest BCUT2D eigenvalue weighted by Gasteiger charge is 2.34. The molecule has 2 N–H and O–H groups in total. The smallest absolute Gasteiger partial charge is 0.244 e. The molecule has 0 aliphatic heterocycles. The molecular formula is C13H18ClNO4S. The predicted molar refractivity (Wildman–Crippen MR) is 76.4 cm³/mol. The zero-order chi connectivity index (χ0) is 14.9. The number of halogens is 1. The van der Waals surface area contributed by atoms with E-state index >= 15 is 0 Å². The maximum atomic E-state index is 12.3. The summed E-state index contributed by atoms with van der Waals surface area (Å²) in [6.07, 6.45) is 1.04. The van der Waals surface area contributed by atoms with Crippen molar-refractivity contribution in [1.82, 2.24) is 4.72 Å². The minimum absolute atomic E-state index is 0.0372. The van der Waals surface area contributed by atoms with E-state index in [4.69, 9.17) is 16.3 Å². The topological polar surface area (TPSA) is 75.6 Å². The molecule has 0 saturated heterocycles. The number of aliphatic hydroxyl groups excluding tert-OH is 1. The van der Waals surface area contributed by atoms with Crippen LogP contribution in [0.5, 0.6) is 5.75 Å². The first-order valence-electron chi connectivity index (χ1n) is 6.36. The largest absolute Gasteiger partial charge is 0.495 e. The summed E-state index contributed by atoms with van der Waals surface area (Å²) in [6.45, 7) is 2.16. The van der Waals surface area contributed by atoms with Crippen molar-refractivity contribution in [2.24, 2.45) is 11.8 Å². The Morgan fingerprint density at radius 3 is 2.65 bits per heavy atom. The second-order valence-electron chi connectivity index (χ2n) is 5.08. The molecule has 7 heteroatoms. The van der Waals surface area contributed by atoms with Gasteiger partial charge in [-0.2, -0.15) is 0 Å². The highest BCUT2D eigenvalue weighted by molar-refractivity contribution is 7.89. The van der Waals surface area contributed by atoms with Gasteiger partial charge in [0.05, 0.1) is 13.7 Å². The van der Waals surface area contributed by atoms with Crippen LogP contribution in [0.3, 0.4) is 0 Å². The van der Waals surface area contributed by atoms with E-state index in [1.807, 2.05) is 0 Å². The van der Waals surface area contributed by atoms with Gasteiger partial charge in [0, 0.05) is 17.1 Å². The Morgan fingerprint density at radius 2 is 2.15 bits per heavy atom. The number of hydrogen-bond donors (Lipinski definition) is 2. The van der Waals surface area contributed by atoms with E-state index in [0.29, 0.717) is 23.9 Å². The number of nitrogens with one attached hydrogen (secondary N) is 1. The zero-order valence-corrected chi connectivity index (χ0v) is 13.0. The van der Waals surface area contributed by atoms with Gasteiger partial charge in [-0.15, -0.1) is 0 Å². The Hall–Kier alpha value is -0.820. The summed E-state index contributed by atoms with van der Waals surface area (Å²) in [7, 11) is -2.34. The van der Waals surface area contributed by atoms with Gasteiger partial charge in [0.2, 0.25) is 10.0 Å². The van der Waals surface area contributed by atoms with E-state index in [0.717, 1.165) is 6.42 Å². The highest BCUT2D eigenvalue weighted by Crippen LogP contribution is 2.37. The summed E-state index contributed by atoms with van der Waals surface area (Å²) >= 11 is 5.90. The molecule has 0 radical (unpaired) electrons. The van der Waals surface area contributed by atoms with Gasteiger partial charge >= 0.3 is 0 Å². The van der Waals surface area contributed by atoms with E-state index in [2.05, 4.69) is 11.6 Å². The fraction of sp³-hybridized carbons (Fsp3) is 0.538. The molecule has 0 spiro atoms. The molecule has 0 aromatic heterocycles. The Labute approximate surface area is 124 Å². The van der Waals surface area contributed by atoms with Gasteiger partial charge in [-0.1, -0.05) is 18.5 Å². The number of methoxy groups -OCH3 is 1. The minimum Gasteiger partial charge on any atom is -0.495 e. The monoisotopic (exact) mass is 319 g/mol. The van der Waals surface area contributed by atoms with Crippen molar-refractivity contribution >= 4 is 21.6 Å². The molecule has 0 amide bonds. The third kappa shape index (κ3) is 3.25. The molecule has 5 nitrogen and oxygen atoms in total. The standard InChI is InChI=1S/C13H18ClNO4S/c1-8-3-9(8)6-15-20(17,18)12-5-11(14)4-10(7-16)13(12)19-2/h4-5,8-9,15-16H,3,6-7H2,1-2H3. The third-order valence-corrected chi connectivity index (χ3v) is 5.22. The van der Waals surface area contributed by atoms with Gasteiger partial charge in [0.1, 0.15) is 10.6 Å². The molecular weight excluding hydrogens is 302 g/mol. The first kappa shape index (κ1) is 15.6. The highest BCUT2D eigenvalue weighted by atomic mass is 35.5. The van der Waals surface area contributed by atoms with Crippen LogP contribution < -0.4 is 9.46 Å². The molecule has 112 valence electrons. The Kier molecular flexibility index (Phi) is 4.59. The number of aliphatic hydroxyl groups is 1. The van der Waals surface area contributed by atoms with Crippen LogP contribution in [0.2, 0.25) is 5.02 Å². The third-order valence-electron chi connectivity index (χ3n) is 3.57. The average Bonchev–Trinajstić information content (AvgIpc) is 3.11. The van der Waals surface area contributed by atoms with Crippen LogP contribution in [0.1, 0.15) is 18.9 Å². The second kappa shape index (κ2) is 5.89. The minimum atomic E-state index is -3.71. The maximum absolute atomic E-state index is 12.3. The van der Waals surface area contributed by atoms with Crippen LogP contribution in [0, 0.1) is 11.8 Å². The summed E-state index contributed by atoms with van der Waals surface area (Å²) in [5, 5.41) is 9.52. The van der Waals surface area contributed by atoms with Crippen LogP contribution in [-0.4, -0.2) is 27.2 Å². The van der Waals surface area contributed by atoms with Crippen LogP contribution in [0.25, 0.3) is 0 Å². The molecule has 1 saturated carbocycles. The van der Waals surface area contributed by atoms with Crippen molar-refractivity contribution in [2.45, 2.75) is 24.8 Å². The Morgan fingerprint density at radius 1 is 1.50 bits per heavy atom. The predicted octanol–water partition coefficient (Wildman–Crippen LogP) is 1.78. The first-order chi connectivity index (χ1) is 9.39. The first-order valence-corrected chi connectivity index (χ1v) is 8.22. The molecule has 1 aromatic carbocycles. The average molecular weight is 320 g/mol. The number of hydrogen-bond acceptors (Lipinski definition) is 4. The SMILES string of the molecule is COc1c(CO)cc(Cl)cc1S(=O)(=O)NCC1CC1C. The summed E-state index contributed by atoms with van der Waals surface area (Å²) in [5.74, 6) is 1.09. The van der Waals surface area contributed by atoms with Crippen molar-refractivity contribution in [3.8, 4) is 5.75 Å². The van der Waals surface area contributed by atoms with Crippen LogP contribution in [-0.2, 0) is 16.6 Å². The molecule has 1 aromatic rings. The molecule has 0 bridgehead atoms. The maximum Gasteiger partial charge on any atom is 0.244 e. The van der Waals surface area contributed by atoms with E-state index in [-0.39, 0.29) is 22.3 Å². The molecule has 1 fully saturated rings. The van der Waals surface area contributed by atoms with Crippen molar-refractivity contribution < 1.29 is 18.3 Å². The van der Waals surface area contributed by atoms with E-state index in [1.165, 1.54) is 19.2 Å². The fourth-order valence-electron chi connectivity index (χ4n) is 2.15. The van der Waals surface area contributed by atoms with Gasteiger partial charge < -0.3 is 9.84 Å². The van der Waals surface area contributed by atoms with Crippen LogP contribution in [0.15, 0.2) is 17.0 Å². The van der Waals surface area contributed by atoms with E-state index < -0.39 is 10.0 Å². The van der Waals surface area contributed by atoms with Gasteiger partial charge in [0.25, 0.3) is 0 Å². The molecule has 1 aliphatic carbocycles. The summed E-state index contributed by atoms with van der Waals surface area (Å²) in [5.41, 5.74) is 0.347. The second-order valence-corrected chi connectivity index (χ2v) is 7.25. The normalized spacial score (nSPS) is 21.8. The van der Waals surface area contributed by atoms with Crippen molar-refractivity contribution in [3.05, 3.63) is 22.7 Å².